The predicted molar refractivity (Wildman–Crippen MR) is 119 cm³/mol. The fraction of sp³-hybridized carbons (Fsp3) is 0.261. The van der Waals surface area contributed by atoms with Gasteiger partial charge in [0.25, 0.3) is 0 Å². The minimum atomic E-state index is -0.119. The molecule has 4 aromatic rings. The number of nitrogens with zero attached hydrogens (tertiary/aromatic N) is 3. The summed E-state index contributed by atoms with van der Waals surface area (Å²) in [6, 6.07) is 16.0. The van der Waals surface area contributed by atoms with Gasteiger partial charge in [0, 0.05) is 23.5 Å². The van der Waals surface area contributed by atoms with Crippen LogP contribution in [0.3, 0.4) is 0 Å². The van der Waals surface area contributed by atoms with Gasteiger partial charge in [-0.1, -0.05) is 41.7 Å². The van der Waals surface area contributed by atoms with E-state index in [1.165, 1.54) is 0 Å². The van der Waals surface area contributed by atoms with Crippen LogP contribution < -0.4 is 10.1 Å². The molecule has 1 atom stereocenters. The molecule has 7 heteroatoms. The number of hydrogen-bond acceptors (Lipinski definition) is 5. The maximum absolute atomic E-state index is 12.7. The first-order chi connectivity index (χ1) is 14.5. The average Bonchev–Trinajstić information content (AvgIpc) is 3.28. The van der Waals surface area contributed by atoms with Gasteiger partial charge in [0.1, 0.15) is 11.6 Å². The molecule has 0 spiro atoms. The van der Waals surface area contributed by atoms with Gasteiger partial charge in [-0.05, 0) is 39.0 Å². The van der Waals surface area contributed by atoms with Crippen LogP contribution in [0.15, 0.2) is 48.5 Å². The third kappa shape index (κ3) is 3.15. The summed E-state index contributed by atoms with van der Waals surface area (Å²) in [4.78, 5) is 17.4. The van der Waals surface area contributed by atoms with E-state index in [4.69, 9.17) is 14.8 Å². The van der Waals surface area contributed by atoms with E-state index in [0.29, 0.717) is 12.2 Å². The van der Waals surface area contributed by atoms with E-state index < -0.39 is 0 Å². The second-order valence-electron chi connectivity index (χ2n) is 7.73. The summed E-state index contributed by atoms with van der Waals surface area (Å²) in [5, 5.41) is 8.55. The molecule has 0 bridgehead atoms. The van der Waals surface area contributed by atoms with Crippen LogP contribution in [-0.4, -0.2) is 26.8 Å². The number of carbonyl (C=O) groups excluding carboxylic acids is 1. The Labute approximate surface area is 178 Å². The van der Waals surface area contributed by atoms with Gasteiger partial charge in [-0.2, -0.15) is 9.78 Å². The number of nitrogens with one attached hydrogen (secondary N) is 1. The van der Waals surface area contributed by atoms with Crippen molar-refractivity contribution in [1.82, 2.24) is 14.8 Å². The molecule has 3 heterocycles. The van der Waals surface area contributed by atoms with Crippen molar-refractivity contribution in [3.63, 3.8) is 0 Å². The molecule has 30 heavy (non-hydrogen) atoms. The fourth-order valence-corrected chi connectivity index (χ4v) is 4.96. The number of para-hydroxylation sites is 2. The third-order valence-corrected chi connectivity index (χ3v) is 6.24. The van der Waals surface area contributed by atoms with E-state index in [-0.39, 0.29) is 17.9 Å². The number of thiazole rings is 1. The number of rotatable bonds is 4. The molecule has 0 aliphatic carbocycles. The Morgan fingerprint density at radius 3 is 2.73 bits per heavy atom. The molecule has 2 aromatic heterocycles. The van der Waals surface area contributed by atoms with E-state index in [1.54, 1.807) is 16.0 Å². The van der Waals surface area contributed by atoms with E-state index in [1.807, 2.05) is 69.3 Å². The molecule has 0 radical (unpaired) electrons. The highest BCUT2D eigenvalue weighted by atomic mass is 32.1. The first-order valence-corrected chi connectivity index (χ1v) is 10.8. The molecule has 0 saturated heterocycles. The van der Waals surface area contributed by atoms with Crippen molar-refractivity contribution < 1.29 is 9.53 Å². The Morgan fingerprint density at radius 2 is 1.93 bits per heavy atom. The zero-order valence-electron chi connectivity index (χ0n) is 17.0. The second kappa shape index (κ2) is 7.25. The maximum Gasteiger partial charge on any atom is 0.226 e. The van der Waals surface area contributed by atoms with Gasteiger partial charge >= 0.3 is 0 Å². The Morgan fingerprint density at radius 1 is 1.17 bits per heavy atom. The quantitative estimate of drug-likeness (QED) is 0.503. The number of fused-ring (bicyclic) bond motifs is 2. The molecule has 0 fully saturated rings. The molecule has 1 N–H and O–H groups in total. The van der Waals surface area contributed by atoms with Crippen LogP contribution in [0.25, 0.3) is 15.3 Å². The predicted octanol–water partition coefficient (Wildman–Crippen LogP) is 5.05. The number of ether oxygens (including phenoxy) is 1. The summed E-state index contributed by atoms with van der Waals surface area (Å²) < 4.78 is 8.91. The second-order valence-corrected chi connectivity index (χ2v) is 8.74. The van der Waals surface area contributed by atoms with Crippen LogP contribution >= 0.6 is 11.3 Å². The molecule has 1 aliphatic rings. The third-order valence-electron chi connectivity index (χ3n) is 5.22. The molecular weight excluding hydrogens is 396 g/mol. The monoisotopic (exact) mass is 418 g/mol. The molecular formula is C23H22N4O2S. The first kappa shape index (κ1) is 18.8. The summed E-state index contributed by atoms with van der Waals surface area (Å²) in [5.74, 6) is 1.36. The van der Waals surface area contributed by atoms with Crippen molar-refractivity contribution in [3.8, 4) is 10.9 Å². The maximum atomic E-state index is 12.7. The Bertz CT molecular complexity index is 1220. The Kier molecular flexibility index (Phi) is 4.55. The van der Waals surface area contributed by atoms with E-state index in [9.17, 15) is 4.79 Å². The summed E-state index contributed by atoms with van der Waals surface area (Å²) in [6.45, 7) is 6.00. The van der Waals surface area contributed by atoms with Crippen LogP contribution in [0, 0.1) is 6.92 Å². The zero-order chi connectivity index (χ0) is 20.8. The highest BCUT2D eigenvalue weighted by Gasteiger charge is 2.34. The molecule has 6 nitrogen and oxygen atoms in total. The van der Waals surface area contributed by atoms with Crippen molar-refractivity contribution in [2.45, 2.75) is 39.2 Å². The highest BCUT2D eigenvalue weighted by Crippen LogP contribution is 2.43. The van der Waals surface area contributed by atoms with Gasteiger partial charge in [0.05, 0.1) is 22.0 Å². The first-order valence-electron chi connectivity index (χ1n) is 10.0. The standard InChI is InChI=1S/C23H22N4O2S/c1-13(2)29-18-10-6-4-8-15(18)16-12-20(28)25-22-21(16)14(3)26-27(22)23-24-17-9-5-7-11-19(17)30-23/h4-11,13,16H,12H2,1-3H3,(H,25,28)/t16-/m0/s1. The summed E-state index contributed by atoms with van der Waals surface area (Å²) in [7, 11) is 0. The number of anilines is 1. The largest absolute Gasteiger partial charge is 0.491 e. The number of carbonyl (C=O) groups is 1. The van der Waals surface area contributed by atoms with Crippen LogP contribution in [0.5, 0.6) is 5.75 Å². The average molecular weight is 419 g/mol. The van der Waals surface area contributed by atoms with E-state index >= 15 is 0 Å². The van der Waals surface area contributed by atoms with Gasteiger partial charge in [-0.15, -0.1) is 0 Å². The summed E-state index contributed by atoms with van der Waals surface area (Å²) >= 11 is 1.56. The normalized spacial score (nSPS) is 16.0. The molecule has 152 valence electrons. The highest BCUT2D eigenvalue weighted by molar-refractivity contribution is 7.20. The molecule has 2 aromatic carbocycles. The Hall–Kier alpha value is -3.19. The summed E-state index contributed by atoms with van der Waals surface area (Å²) in [5.41, 5.74) is 3.84. The molecule has 5 rings (SSSR count). The number of hydrogen-bond donors (Lipinski definition) is 1. The van der Waals surface area contributed by atoms with Crippen molar-refractivity contribution in [3.05, 3.63) is 65.4 Å². The topological polar surface area (TPSA) is 69.0 Å². The van der Waals surface area contributed by atoms with Crippen molar-refractivity contribution >= 4 is 33.3 Å². The van der Waals surface area contributed by atoms with Crippen LogP contribution in [0.4, 0.5) is 5.82 Å². The lowest BCUT2D eigenvalue weighted by Crippen LogP contribution is -2.25. The lowest BCUT2D eigenvalue weighted by atomic mass is 9.85. The zero-order valence-corrected chi connectivity index (χ0v) is 17.9. The molecule has 0 saturated carbocycles. The number of benzene rings is 2. The fourth-order valence-electron chi connectivity index (χ4n) is 4.03. The van der Waals surface area contributed by atoms with Crippen LogP contribution in [-0.2, 0) is 4.79 Å². The van der Waals surface area contributed by atoms with Crippen molar-refractivity contribution in [2.24, 2.45) is 0 Å². The number of aromatic nitrogens is 3. The van der Waals surface area contributed by atoms with Gasteiger partial charge in [0.15, 0.2) is 0 Å². The summed E-state index contributed by atoms with van der Waals surface area (Å²) in [6.07, 6.45) is 0.410. The molecule has 0 unspecified atom stereocenters. The van der Waals surface area contributed by atoms with Gasteiger partial charge in [0.2, 0.25) is 11.0 Å². The van der Waals surface area contributed by atoms with Gasteiger partial charge in [-0.3, -0.25) is 4.79 Å². The Balaban J connectivity index is 1.66. The lowest BCUT2D eigenvalue weighted by molar-refractivity contribution is -0.116. The van der Waals surface area contributed by atoms with E-state index in [0.717, 1.165) is 37.9 Å². The number of amides is 1. The molecule has 1 aliphatic heterocycles. The lowest BCUT2D eigenvalue weighted by Gasteiger charge is -2.26. The van der Waals surface area contributed by atoms with Crippen LogP contribution in [0.2, 0.25) is 0 Å². The van der Waals surface area contributed by atoms with Gasteiger partial charge < -0.3 is 10.1 Å². The van der Waals surface area contributed by atoms with Gasteiger partial charge in [-0.25, -0.2) is 4.98 Å². The minimum absolute atomic E-state index is 0.0332. The minimum Gasteiger partial charge on any atom is -0.491 e. The molecule has 1 amide bonds. The van der Waals surface area contributed by atoms with Crippen molar-refractivity contribution in [1.29, 1.82) is 0 Å². The van der Waals surface area contributed by atoms with E-state index in [2.05, 4.69) is 5.32 Å². The van der Waals surface area contributed by atoms with Crippen LogP contribution in [0.1, 0.15) is 43.0 Å². The SMILES string of the molecule is Cc1nn(-c2nc3ccccc3s2)c2c1[C@H](c1ccccc1OC(C)C)CC(=O)N2. The van der Waals surface area contributed by atoms with Crippen molar-refractivity contribution in [2.75, 3.05) is 5.32 Å². The smallest absolute Gasteiger partial charge is 0.226 e. The number of aryl methyl sites for hydroxylation is 1.